The lowest BCUT2D eigenvalue weighted by atomic mass is 9.76. The van der Waals surface area contributed by atoms with Crippen LogP contribution in [0.1, 0.15) is 40.0 Å². The standard InChI is InChI=1S/C10H17ClO/c1-7(2)10(11)5-4-8(3)6-9(10)12/h7-8H,4-6H2,1-3H3/t8-,10-/m1/s1. The first kappa shape index (κ1) is 10.0. The molecule has 1 saturated carbocycles. The number of alkyl halides is 1. The zero-order chi connectivity index (χ0) is 9.35. The summed E-state index contributed by atoms with van der Waals surface area (Å²) >= 11 is 6.28. The van der Waals surface area contributed by atoms with E-state index in [2.05, 4.69) is 6.92 Å². The lowest BCUT2D eigenvalue weighted by Gasteiger charge is -2.35. The molecule has 70 valence electrons. The van der Waals surface area contributed by atoms with Gasteiger partial charge in [0.25, 0.3) is 0 Å². The number of hydrogen-bond acceptors (Lipinski definition) is 1. The molecule has 12 heavy (non-hydrogen) atoms. The van der Waals surface area contributed by atoms with Crippen molar-refractivity contribution in [2.45, 2.75) is 44.9 Å². The Balaban J connectivity index is 2.73. The van der Waals surface area contributed by atoms with E-state index in [-0.39, 0.29) is 11.7 Å². The molecule has 2 heteroatoms. The van der Waals surface area contributed by atoms with Crippen molar-refractivity contribution in [1.82, 2.24) is 0 Å². The minimum absolute atomic E-state index is 0.248. The summed E-state index contributed by atoms with van der Waals surface area (Å²) in [6.07, 6.45) is 2.61. The molecule has 1 nitrogen and oxygen atoms in total. The molecule has 2 atom stereocenters. The molecule has 0 N–H and O–H groups in total. The van der Waals surface area contributed by atoms with E-state index in [1.807, 2.05) is 13.8 Å². The van der Waals surface area contributed by atoms with E-state index in [1.54, 1.807) is 0 Å². The summed E-state index contributed by atoms with van der Waals surface area (Å²) in [5, 5.41) is 0. The molecule has 0 aromatic carbocycles. The quantitative estimate of drug-likeness (QED) is 0.579. The van der Waals surface area contributed by atoms with E-state index in [9.17, 15) is 4.79 Å². The number of halogens is 1. The predicted molar refractivity (Wildman–Crippen MR) is 51.4 cm³/mol. The van der Waals surface area contributed by atoms with Crippen molar-refractivity contribution in [2.24, 2.45) is 11.8 Å². The third kappa shape index (κ3) is 1.66. The van der Waals surface area contributed by atoms with Crippen molar-refractivity contribution in [3.63, 3.8) is 0 Å². The molecule has 1 fully saturated rings. The second-order valence-electron chi connectivity index (χ2n) is 4.29. The summed E-state index contributed by atoms with van der Waals surface area (Å²) < 4.78 is 0. The third-order valence-corrected chi connectivity index (χ3v) is 3.75. The van der Waals surface area contributed by atoms with Gasteiger partial charge < -0.3 is 0 Å². The molecule has 1 aliphatic rings. The molecular formula is C10H17ClO. The Morgan fingerprint density at radius 3 is 2.58 bits per heavy atom. The van der Waals surface area contributed by atoms with Crippen LogP contribution in [-0.2, 0) is 4.79 Å². The van der Waals surface area contributed by atoms with Crippen molar-refractivity contribution >= 4 is 17.4 Å². The van der Waals surface area contributed by atoms with Gasteiger partial charge in [0.2, 0.25) is 0 Å². The van der Waals surface area contributed by atoms with Gasteiger partial charge in [-0.05, 0) is 24.7 Å². The Morgan fingerprint density at radius 1 is 1.58 bits per heavy atom. The Kier molecular flexibility index (Phi) is 2.82. The van der Waals surface area contributed by atoms with Crippen LogP contribution in [0, 0.1) is 11.8 Å². The molecule has 0 aromatic heterocycles. The fourth-order valence-corrected chi connectivity index (χ4v) is 1.98. The molecule has 0 aliphatic heterocycles. The minimum atomic E-state index is -0.549. The summed E-state index contributed by atoms with van der Waals surface area (Å²) in [6.45, 7) is 6.18. The van der Waals surface area contributed by atoms with Crippen LogP contribution in [0.25, 0.3) is 0 Å². The van der Waals surface area contributed by atoms with Gasteiger partial charge in [0.05, 0.1) is 0 Å². The maximum absolute atomic E-state index is 11.6. The van der Waals surface area contributed by atoms with Gasteiger partial charge >= 0.3 is 0 Å². The zero-order valence-corrected chi connectivity index (χ0v) is 8.82. The van der Waals surface area contributed by atoms with Gasteiger partial charge in [-0.1, -0.05) is 20.8 Å². The lowest BCUT2D eigenvalue weighted by molar-refractivity contribution is -0.125. The van der Waals surface area contributed by atoms with Gasteiger partial charge in [-0.3, -0.25) is 4.79 Å². The van der Waals surface area contributed by atoms with E-state index >= 15 is 0 Å². The first-order chi connectivity index (χ1) is 5.47. The topological polar surface area (TPSA) is 17.1 Å². The smallest absolute Gasteiger partial charge is 0.154 e. The number of carbonyl (C=O) groups excluding carboxylic acids is 1. The largest absolute Gasteiger partial charge is 0.298 e. The Bertz CT molecular complexity index is 188. The number of hydrogen-bond donors (Lipinski definition) is 0. The van der Waals surface area contributed by atoms with Gasteiger partial charge in [0.1, 0.15) is 4.87 Å². The van der Waals surface area contributed by atoms with Crippen molar-refractivity contribution in [3.05, 3.63) is 0 Å². The summed E-state index contributed by atoms with van der Waals surface area (Å²) in [6, 6.07) is 0. The highest BCUT2D eigenvalue weighted by atomic mass is 35.5. The average molecular weight is 189 g/mol. The third-order valence-electron chi connectivity index (χ3n) is 2.91. The summed E-state index contributed by atoms with van der Waals surface area (Å²) in [4.78, 5) is 11.1. The highest BCUT2D eigenvalue weighted by molar-refractivity contribution is 6.35. The second-order valence-corrected chi connectivity index (χ2v) is 4.96. The second kappa shape index (κ2) is 3.37. The van der Waals surface area contributed by atoms with E-state index < -0.39 is 4.87 Å². The van der Waals surface area contributed by atoms with Crippen LogP contribution in [0.3, 0.4) is 0 Å². The van der Waals surface area contributed by atoms with Crippen LogP contribution in [0.5, 0.6) is 0 Å². The molecule has 0 saturated heterocycles. The Morgan fingerprint density at radius 2 is 2.17 bits per heavy atom. The molecule has 0 radical (unpaired) electrons. The van der Waals surface area contributed by atoms with Crippen LogP contribution in [-0.4, -0.2) is 10.7 Å². The highest BCUT2D eigenvalue weighted by Crippen LogP contribution is 2.39. The normalized spacial score (nSPS) is 37.4. The molecule has 0 unspecified atom stereocenters. The number of rotatable bonds is 1. The maximum atomic E-state index is 11.6. The van der Waals surface area contributed by atoms with E-state index in [4.69, 9.17) is 11.6 Å². The molecule has 1 aliphatic carbocycles. The van der Waals surface area contributed by atoms with E-state index in [0.717, 1.165) is 12.8 Å². The van der Waals surface area contributed by atoms with Crippen molar-refractivity contribution in [1.29, 1.82) is 0 Å². The SMILES string of the molecule is CC(C)[C@]1(Cl)CC[C@@H](C)CC1=O. The van der Waals surface area contributed by atoms with Crippen LogP contribution < -0.4 is 0 Å². The lowest BCUT2D eigenvalue weighted by Crippen LogP contribution is -2.42. The van der Waals surface area contributed by atoms with Crippen LogP contribution in [0.2, 0.25) is 0 Å². The van der Waals surface area contributed by atoms with Crippen molar-refractivity contribution < 1.29 is 4.79 Å². The number of Topliss-reactive ketones (excluding diaryl/α,β-unsaturated/α-hetero) is 1. The van der Waals surface area contributed by atoms with E-state index in [0.29, 0.717) is 12.3 Å². The fraction of sp³-hybridized carbons (Fsp3) is 0.900. The molecule has 0 bridgehead atoms. The summed E-state index contributed by atoms with van der Waals surface area (Å²) in [5.74, 6) is 1.04. The van der Waals surface area contributed by atoms with E-state index in [1.165, 1.54) is 0 Å². The fourth-order valence-electron chi connectivity index (χ4n) is 1.79. The molecule has 0 spiro atoms. The Hall–Kier alpha value is -0.0400. The maximum Gasteiger partial charge on any atom is 0.154 e. The average Bonchev–Trinajstić information content (AvgIpc) is 1.97. The van der Waals surface area contributed by atoms with Gasteiger partial charge in [-0.15, -0.1) is 11.6 Å². The van der Waals surface area contributed by atoms with Crippen molar-refractivity contribution in [2.75, 3.05) is 0 Å². The first-order valence-electron chi connectivity index (χ1n) is 4.69. The molecule has 0 aromatic rings. The molecule has 0 heterocycles. The van der Waals surface area contributed by atoms with Crippen LogP contribution in [0.15, 0.2) is 0 Å². The van der Waals surface area contributed by atoms with Gasteiger partial charge in [0.15, 0.2) is 5.78 Å². The predicted octanol–water partition coefficient (Wildman–Crippen LogP) is 3.01. The van der Waals surface area contributed by atoms with Crippen LogP contribution >= 0.6 is 11.6 Å². The molecule has 1 rings (SSSR count). The number of ketones is 1. The zero-order valence-electron chi connectivity index (χ0n) is 8.06. The monoisotopic (exact) mass is 188 g/mol. The van der Waals surface area contributed by atoms with Gasteiger partial charge in [0, 0.05) is 6.42 Å². The highest BCUT2D eigenvalue weighted by Gasteiger charge is 2.42. The van der Waals surface area contributed by atoms with Crippen LogP contribution in [0.4, 0.5) is 0 Å². The van der Waals surface area contributed by atoms with Gasteiger partial charge in [-0.2, -0.15) is 0 Å². The van der Waals surface area contributed by atoms with Crippen molar-refractivity contribution in [3.8, 4) is 0 Å². The van der Waals surface area contributed by atoms with Gasteiger partial charge in [-0.25, -0.2) is 0 Å². The minimum Gasteiger partial charge on any atom is -0.298 e. The first-order valence-corrected chi connectivity index (χ1v) is 5.07. The number of carbonyl (C=O) groups is 1. The Labute approximate surface area is 79.5 Å². The molecular weight excluding hydrogens is 172 g/mol. The molecule has 0 amide bonds. The summed E-state index contributed by atoms with van der Waals surface area (Å²) in [7, 11) is 0. The summed E-state index contributed by atoms with van der Waals surface area (Å²) in [5.41, 5.74) is 0.